The fourth-order valence-electron chi connectivity index (χ4n) is 2.24. The summed E-state index contributed by atoms with van der Waals surface area (Å²) in [6.07, 6.45) is 3.46. The van der Waals surface area contributed by atoms with E-state index in [1.54, 1.807) is 18.3 Å². The smallest absolute Gasteiger partial charge is 0.488 e. The quantitative estimate of drug-likeness (QED) is 0.603. The van der Waals surface area contributed by atoms with Gasteiger partial charge >= 0.3 is 7.12 Å². The molecule has 0 radical (unpaired) electrons. The molecular weight excluding hydrogens is 255 g/mol. The van der Waals surface area contributed by atoms with Gasteiger partial charge in [-0.3, -0.25) is 0 Å². The van der Waals surface area contributed by atoms with Crippen LogP contribution in [0.5, 0.6) is 5.88 Å². The standard InChI is InChI=1S/C14H13BN2O3/c18-14-12-6-8-17(13(12)5-7-16-14)9-10-1-3-11(4-2-10)15(19)20/h1-8,19-20H,9H2,(H,16,18). The molecule has 6 heteroatoms. The fraction of sp³-hybridized carbons (Fsp3) is 0.0714. The predicted octanol–water partition coefficient (Wildman–Crippen LogP) is 0.470. The van der Waals surface area contributed by atoms with Crippen LogP contribution in [0.2, 0.25) is 0 Å². The molecule has 20 heavy (non-hydrogen) atoms. The van der Waals surface area contributed by atoms with Gasteiger partial charge in [0.1, 0.15) is 0 Å². The van der Waals surface area contributed by atoms with Gasteiger partial charge in [-0.2, -0.15) is 0 Å². The number of rotatable bonds is 3. The van der Waals surface area contributed by atoms with Gasteiger partial charge in [0.05, 0.1) is 10.9 Å². The number of pyridine rings is 1. The molecule has 3 N–H and O–H groups in total. The van der Waals surface area contributed by atoms with Crippen molar-refractivity contribution in [2.24, 2.45) is 0 Å². The SMILES string of the molecule is OB(O)c1ccc(Cn2ccc3c(O)nccc32)cc1. The number of aromatic nitrogens is 2. The number of fused-ring (bicyclic) bond motifs is 1. The molecule has 0 atom stereocenters. The second kappa shape index (κ2) is 4.99. The molecular formula is C14H13BN2O3. The number of aromatic hydroxyl groups is 1. The Morgan fingerprint density at radius 1 is 1.05 bits per heavy atom. The van der Waals surface area contributed by atoms with Crippen LogP contribution in [-0.4, -0.2) is 31.8 Å². The molecule has 100 valence electrons. The second-order valence-electron chi connectivity index (χ2n) is 4.63. The van der Waals surface area contributed by atoms with Crippen molar-refractivity contribution in [1.29, 1.82) is 0 Å². The van der Waals surface area contributed by atoms with Crippen LogP contribution in [0.4, 0.5) is 0 Å². The lowest BCUT2D eigenvalue weighted by molar-refractivity contribution is 0.425. The first-order valence-electron chi connectivity index (χ1n) is 6.23. The Kier molecular flexibility index (Phi) is 3.18. The van der Waals surface area contributed by atoms with Crippen LogP contribution in [0.3, 0.4) is 0 Å². The highest BCUT2D eigenvalue weighted by Crippen LogP contribution is 2.23. The Morgan fingerprint density at radius 3 is 2.50 bits per heavy atom. The second-order valence-corrected chi connectivity index (χ2v) is 4.63. The van der Waals surface area contributed by atoms with E-state index in [0.717, 1.165) is 16.5 Å². The number of benzene rings is 1. The zero-order chi connectivity index (χ0) is 14.1. The minimum absolute atomic E-state index is 0.0278. The maximum Gasteiger partial charge on any atom is 0.488 e. The lowest BCUT2D eigenvalue weighted by atomic mass is 9.80. The molecule has 5 nitrogen and oxygen atoms in total. The number of hydrogen-bond acceptors (Lipinski definition) is 4. The fourth-order valence-corrected chi connectivity index (χ4v) is 2.24. The largest absolute Gasteiger partial charge is 0.493 e. The van der Waals surface area contributed by atoms with Crippen molar-refractivity contribution >= 4 is 23.5 Å². The van der Waals surface area contributed by atoms with Crippen molar-refractivity contribution in [3.05, 3.63) is 54.4 Å². The summed E-state index contributed by atoms with van der Waals surface area (Å²) in [5.74, 6) is 0.0278. The van der Waals surface area contributed by atoms with E-state index in [-0.39, 0.29) is 5.88 Å². The van der Waals surface area contributed by atoms with E-state index in [1.165, 1.54) is 0 Å². The minimum Gasteiger partial charge on any atom is -0.493 e. The van der Waals surface area contributed by atoms with Gasteiger partial charge in [0, 0.05) is 18.9 Å². The van der Waals surface area contributed by atoms with E-state index in [2.05, 4.69) is 4.98 Å². The first kappa shape index (κ1) is 12.7. The average molecular weight is 268 g/mol. The molecule has 0 fully saturated rings. The molecule has 0 aliphatic carbocycles. The Labute approximate surface area is 115 Å². The van der Waals surface area contributed by atoms with Gasteiger partial charge in [0.25, 0.3) is 0 Å². The molecule has 3 aromatic rings. The minimum atomic E-state index is -1.44. The van der Waals surface area contributed by atoms with Crippen molar-refractivity contribution in [2.45, 2.75) is 6.54 Å². The molecule has 0 saturated carbocycles. The summed E-state index contributed by atoms with van der Waals surface area (Å²) in [4.78, 5) is 3.85. The summed E-state index contributed by atoms with van der Waals surface area (Å²) in [6.45, 7) is 0.634. The van der Waals surface area contributed by atoms with Gasteiger partial charge < -0.3 is 19.7 Å². The van der Waals surface area contributed by atoms with Gasteiger partial charge in [0.15, 0.2) is 0 Å². The Balaban J connectivity index is 1.91. The van der Waals surface area contributed by atoms with Gasteiger partial charge in [-0.25, -0.2) is 4.98 Å². The maximum absolute atomic E-state index is 9.67. The number of nitrogens with zero attached hydrogens (tertiary/aromatic N) is 2. The van der Waals surface area contributed by atoms with Crippen LogP contribution in [0.15, 0.2) is 48.8 Å². The molecule has 0 aliphatic heterocycles. The summed E-state index contributed by atoms with van der Waals surface area (Å²) in [7, 11) is -1.44. The van der Waals surface area contributed by atoms with E-state index < -0.39 is 7.12 Å². The first-order valence-corrected chi connectivity index (χ1v) is 6.23. The molecule has 3 rings (SSSR count). The summed E-state index contributed by atoms with van der Waals surface area (Å²) in [5.41, 5.74) is 2.40. The third-order valence-corrected chi connectivity index (χ3v) is 3.31. The summed E-state index contributed by atoms with van der Waals surface area (Å²) in [5, 5.41) is 28.5. The van der Waals surface area contributed by atoms with E-state index in [1.807, 2.05) is 35.0 Å². The van der Waals surface area contributed by atoms with Gasteiger partial charge in [-0.05, 0) is 23.2 Å². The monoisotopic (exact) mass is 268 g/mol. The molecule has 0 saturated heterocycles. The highest BCUT2D eigenvalue weighted by Gasteiger charge is 2.10. The van der Waals surface area contributed by atoms with Crippen LogP contribution in [0.1, 0.15) is 5.56 Å². The first-order chi connectivity index (χ1) is 9.65. The van der Waals surface area contributed by atoms with E-state index in [0.29, 0.717) is 12.0 Å². The average Bonchev–Trinajstić information content (AvgIpc) is 2.84. The summed E-state index contributed by atoms with van der Waals surface area (Å²) >= 11 is 0. The molecule has 0 amide bonds. The van der Waals surface area contributed by atoms with Gasteiger partial charge in [-0.1, -0.05) is 24.3 Å². The maximum atomic E-state index is 9.67. The van der Waals surface area contributed by atoms with E-state index in [9.17, 15) is 5.11 Å². The molecule has 0 aliphatic rings. The predicted molar refractivity (Wildman–Crippen MR) is 76.8 cm³/mol. The van der Waals surface area contributed by atoms with Gasteiger partial charge in [0.2, 0.25) is 5.88 Å². The van der Waals surface area contributed by atoms with Crippen LogP contribution in [-0.2, 0) is 6.54 Å². The molecule has 2 heterocycles. The normalized spacial score (nSPS) is 10.9. The number of hydrogen-bond donors (Lipinski definition) is 3. The molecule has 0 spiro atoms. The molecule has 1 aromatic carbocycles. The summed E-state index contributed by atoms with van der Waals surface area (Å²) < 4.78 is 2.00. The topological polar surface area (TPSA) is 78.5 Å². The highest BCUT2D eigenvalue weighted by atomic mass is 16.4. The Hall–Kier alpha value is -2.31. The Bertz CT molecular complexity index is 738. The van der Waals surface area contributed by atoms with Crippen LogP contribution < -0.4 is 5.46 Å². The van der Waals surface area contributed by atoms with Gasteiger partial charge in [-0.15, -0.1) is 0 Å². The Morgan fingerprint density at radius 2 is 1.80 bits per heavy atom. The summed E-state index contributed by atoms with van der Waals surface area (Å²) in [6, 6.07) is 10.7. The lowest BCUT2D eigenvalue weighted by Gasteiger charge is -2.07. The molecule has 0 unspecified atom stereocenters. The zero-order valence-electron chi connectivity index (χ0n) is 10.6. The third kappa shape index (κ3) is 2.26. The highest BCUT2D eigenvalue weighted by molar-refractivity contribution is 6.58. The van der Waals surface area contributed by atoms with Crippen molar-refractivity contribution < 1.29 is 15.2 Å². The van der Waals surface area contributed by atoms with Crippen LogP contribution in [0, 0.1) is 0 Å². The zero-order valence-corrected chi connectivity index (χ0v) is 10.6. The van der Waals surface area contributed by atoms with Crippen molar-refractivity contribution in [1.82, 2.24) is 9.55 Å². The van der Waals surface area contributed by atoms with Crippen molar-refractivity contribution in [3.63, 3.8) is 0 Å². The van der Waals surface area contributed by atoms with Crippen molar-refractivity contribution in [3.8, 4) is 5.88 Å². The molecule has 0 bridgehead atoms. The lowest BCUT2D eigenvalue weighted by Crippen LogP contribution is -2.29. The third-order valence-electron chi connectivity index (χ3n) is 3.31. The van der Waals surface area contributed by atoms with Crippen LogP contribution in [0.25, 0.3) is 10.9 Å². The van der Waals surface area contributed by atoms with E-state index >= 15 is 0 Å². The van der Waals surface area contributed by atoms with Crippen LogP contribution >= 0.6 is 0 Å². The molecule has 2 aromatic heterocycles. The van der Waals surface area contributed by atoms with Crippen molar-refractivity contribution in [2.75, 3.05) is 0 Å². The van der Waals surface area contributed by atoms with E-state index in [4.69, 9.17) is 10.0 Å².